The first kappa shape index (κ1) is 18.4. The number of nitrogens with zero attached hydrogens (tertiary/aromatic N) is 1. The van der Waals surface area contributed by atoms with Crippen LogP contribution in [0.25, 0.3) is 0 Å². The summed E-state index contributed by atoms with van der Waals surface area (Å²) in [6.45, 7) is 3.92. The van der Waals surface area contributed by atoms with Gasteiger partial charge in [-0.1, -0.05) is 30.3 Å². The Bertz CT molecular complexity index is 551. The Morgan fingerprint density at radius 3 is 3.00 bits per heavy atom. The Morgan fingerprint density at radius 2 is 2.20 bits per heavy atom. The van der Waals surface area contributed by atoms with Crippen LogP contribution in [0.4, 0.5) is 0 Å². The molecule has 0 aromatic heterocycles. The van der Waals surface area contributed by atoms with Crippen LogP contribution in [-0.4, -0.2) is 62.4 Å². The summed E-state index contributed by atoms with van der Waals surface area (Å²) in [6, 6.07) is 10.7. The molecule has 0 saturated carbocycles. The van der Waals surface area contributed by atoms with Crippen molar-refractivity contribution >= 4 is 5.91 Å². The van der Waals surface area contributed by atoms with E-state index in [0.29, 0.717) is 6.54 Å². The third kappa shape index (κ3) is 5.27. The SMILES string of the molecule is COCC(=O)NC[C@@H]1CCC[C@]2(CCN(CCc3ccccc3)C2)O1. The van der Waals surface area contributed by atoms with Crippen LogP contribution in [0.5, 0.6) is 0 Å². The molecule has 1 aromatic rings. The summed E-state index contributed by atoms with van der Waals surface area (Å²) in [7, 11) is 1.54. The molecule has 0 radical (unpaired) electrons. The van der Waals surface area contributed by atoms with Crippen LogP contribution in [0, 0.1) is 0 Å². The van der Waals surface area contributed by atoms with Gasteiger partial charge in [0.2, 0.25) is 5.91 Å². The van der Waals surface area contributed by atoms with Crippen molar-refractivity contribution in [1.82, 2.24) is 10.2 Å². The van der Waals surface area contributed by atoms with E-state index in [4.69, 9.17) is 9.47 Å². The largest absolute Gasteiger partial charge is 0.375 e. The van der Waals surface area contributed by atoms with Crippen molar-refractivity contribution in [3.8, 4) is 0 Å². The highest BCUT2D eigenvalue weighted by molar-refractivity contribution is 5.77. The second kappa shape index (κ2) is 8.79. The van der Waals surface area contributed by atoms with Gasteiger partial charge in [0.1, 0.15) is 6.61 Å². The van der Waals surface area contributed by atoms with E-state index < -0.39 is 0 Å². The number of likely N-dealkylation sites (tertiary alicyclic amines) is 1. The van der Waals surface area contributed by atoms with E-state index >= 15 is 0 Å². The summed E-state index contributed by atoms with van der Waals surface area (Å²) in [4.78, 5) is 14.1. The molecule has 25 heavy (non-hydrogen) atoms. The Morgan fingerprint density at radius 1 is 1.36 bits per heavy atom. The summed E-state index contributed by atoms with van der Waals surface area (Å²) in [6.07, 6.45) is 5.66. The van der Waals surface area contributed by atoms with Gasteiger partial charge in [0, 0.05) is 33.3 Å². The van der Waals surface area contributed by atoms with Gasteiger partial charge in [-0.05, 0) is 37.7 Å². The number of ether oxygens (including phenoxy) is 2. The normalized spacial score (nSPS) is 26.8. The van der Waals surface area contributed by atoms with Gasteiger partial charge >= 0.3 is 0 Å². The Kier molecular flexibility index (Phi) is 6.45. The maximum Gasteiger partial charge on any atom is 0.246 e. The zero-order valence-corrected chi connectivity index (χ0v) is 15.2. The number of methoxy groups -OCH3 is 1. The van der Waals surface area contributed by atoms with Gasteiger partial charge in [-0.15, -0.1) is 0 Å². The summed E-state index contributed by atoms with van der Waals surface area (Å²) >= 11 is 0. The highest BCUT2D eigenvalue weighted by Gasteiger charge is 2.42. The van der Waals surface area contributed by atoms with Crippen LogP contribution >= 0.6 is 0 Å². The van der Waals surface area contributed by atoms with Crippen LogP contribution in [-0.2, 0) is 20.7 Å². The van der Waals surface area contributed by atoms with Gasteiger partial charge in [-0.25, -0.2) is 0 Å². The molecule has 138 valence electrons. The predicted molar refractivity (Wildman–Crippen MR) is 97.5 cm³/mol. The van der Waals surface area contributed by atoms with E-state index in [0.717, 1.165) is 45.3 Å². The molecule has 5 heteroatoms. The average Bonchev–Trinajstić information content (AvgIpc) is 3.02. The molecule has 2 aliphatic heterocycles. The van der Waals surface area contributed by atoms with Crippen molar-refractivity contribution in [3.63, 3.8) is 0 Å². The van der Waals surface area contributed by atoms with E-state index in [2.05, 4.69) is 40.5 Å². The lowest BCUT2D eigenvalue weighted by Gasteiger charge is -2.39. The van der Waals surface area contributed by atoms with Crippen molar-refractivity contribution in [2.45, 2.75) is 43.8 Å². The summed E-state index contributed by atoms with van der Waals surface area (Å²) in [5, 5.41) is 2.91. The van der Waals surface area contributed by atoms with Gasteiger partial charge in [-0.3, -0.25) is 4.79 Å². The van der Waals surface area contributed by atoms with Crippen LogP contribution in [0.1, 0.15) is 31.2 Å². The fraction of sp³-hybridized carbons (Fsp3) is 0.650. The van der Waals surface area contributed by atoms with Crippen LogP contribution in [0.3, 0.4) is 0 Å². The Labute approximate surface area is 150 Å². The molecule has 3 rings (SSSR count). The van der Waals surface area contributed by atoms with E-state index in [1.54, 1.807) is 0 Å². The number of nitrogens with one attached hydrogen (secondary N) is 1. The lowest BCUT2D eigenvalue weighted by atomic mass is 9.90. The van der Waals surface area contributed by atoms with Gasteiger partial charge in [-0.2, -0.15) is 0 Å². The quantitative estimate of drug-likeness (QED) is 0.820. The minimum absolute atomic E-state index is 0.00834. The predicted octanol–water partition coefficient (Wildman–Crippen LogP) is 2.01. The Balaban J connectivity index is 1.45. The number of carbonyl (C=O) groups excluding carboxylic acids is 1. The van der Waals surface area contributed by atoms with Crippen LogP contribution in [0.2, 0.25) is 0 Å². The van der Waals surface area contributed by atoms with Crippen molar-refractivity contribution < 1.29 is 14.3 Å². The second-order valence-corrected chi connectivity index (χ2v) is 7.31. The maximum absolute atomic E-state index is 11.6. The smallest absolute Gasteiger partial charge is 0.246 e. The molecule has 2 heterocycles. The molecular formula is C20H30N2O3. The molecule has 2 fully saturated rings. The first-order chi connectivity index (χ1) is 12.2. The summed E-state index contributed by atoms with van der Waals surface area (Å²) < 4.78 is 11.3. The molecule has 0 aliphatic carbocycles. The highest BCUT2D eigenvalue weighted by Crippen LogP contribution is 2.36. The summed E-state index contributed by atoms with van der Waals surface area (Å²) in [5.74, 6) is -0.0679. The zero-order valence-electron chi connectivity index (χ0n) is 15.2. The molecule has 0 unspecified atom stereocenters. The lowest BCUT2D eigenvalue weighted by molar-refractivity contribution is -0.132. The molecular weight excluding hydrogens is 316 g/mol. The third-order valence-corrected chi connectivity index (χ3v) is 5.33. The highest BCUT2D eigenvalue weighted by atomic mass is 16.5. The minimum Gasteiger partial charge on any atom is -0.375 e. The van der Waals surface area contributed by atoms with Gasteiger partial charge < -0.3 is 19.7 Å². The lowest BCUT2D eigenvalue weighted by Crippen LogP contribution is -2.47. The average molecular weight is 346 g/mol. The number of benzene rings is 1. The second-order valence-electron chi connectivity index (χ2n) is 7.31. The fourth-order valence-corrected chi connectivity index (χ4v) is 4.03. The molecule has 2 aliphatic rings. The molecule has 0 bridgehead atoms. The fourth-order valence-electron chi connectivity index (χ4n) is 4.03. The van der Waals surface area contributed by atoms with Crippen molar-refractivity contribution in [3.05, 3.63) is 35.9 Å². The number of hydrogen-bond acceptors (Lipinski definition) is 4. The van der Waals surface area contributed by atoms with E-state index in [9.17, 15) is 4.79 Å². The van der Waals surface area contributed by atoms with Gasteiger partial charge in [0.05, 0.1) is 11.7 Å². The molecule has 2 atom stereocenters. The van der Waals surface area contributed by atoms with Crippen molar-refractivity contribution in [2.75, 3.05) is 39.9 Å². The number of amides is 1. The standard InChI is InChI=1S/C20H30N2O3/c1-24-15-19(23)21-14-18-8-5-10-20(25-18)11-13-22(16-20)12-9-17-6-3-2-4-7-17/h2-4,6-7,18H,5,8-16H2,1H3,(H,21,23)/t18-,20+/m0/s1. The monoisotopic (exact) mass is 346 g/mol. The molecule has 1 N–H and O–H groups in total. The third-order valence-electron chi connectivity index (χ3n) is 5.33. The molecule has 1 aromatic carbocycles. The van der Waals surface area contributed by atoms with Gasteiger partial charge in [0.15, 0.2) is 0 Å². The molecule has 1 amide bonds. The molecule has 5 nitrogen and oxygen atoms in total. The van der Waals surface area contributed by atoms with Crippen molar-refractivity contribution in [1.29, 1.82) is 0 Å². The summed E-state index contributed by atoms with van der Waals surface area (Å²) in [5.41, 5.74) is 1.39. The molecule has 1 spiro atoms. The zero-order chi connectivity index (χ0) is 17.5. The number of hydrogen-bond donors (Lipinski definition) is 1. The van der Waals surface area contributed by atoms with Gasteiger partial charge in [0.25, 0.3) is 0 Å². The maximum atomic E-state index is 11.6. The minimum atomic E-state index is -0.0679. The van der Waals surface area contributed by atoms with E-state index in [1.807, 2.05) is 0 Å². The Hall–Kier alpha value is -1.43. The van der Waals surface area contributed by atoms with E-state index in [-0.39, 0.29) is 24.2 Å². The van der Waals surface area contributed by atoms with E-state index in [1.165, 1.54) is 19.1 Å². The van der Waals surface area contributed by atoms with Crippen molar-refractivity contribution in [2.24, 2.45) is 0 Å². The first-order valence-electron chi connectivity index (χ1n) is 9.39. The van der Waals surface area contributed by atoms with Crippen LogP contribution in [0.15, 0.2) is 30.3 Å². The topological polar surface area (TPSA) is 50.8 Å². The molecule has 2 saturated heterocycles. The first-order valence-corrected chi connectivity index (χ1v) is 9.39. The number of carbonyl (C=O) groups is 1. The number of rotatable bonds is 7. The van der Waals surface area contributed by atoms with Crippen LogP contribution < -0.4 is 5.32 Å².